The van der Waals surface area contributed by atoms with Gasteiger partial charge in [-0.25, -0.2) is 9.79 Å². The number of hydrogen-bond acceptors (Lipinski definition) is 3. The minimum absolute atomic E-state index is 0.363. The number of rotatable bonds is 6. The third kappa shape index (κ3) is 4.95. The van der Waals surface area contributed by atoms with Gasteiger partial charge in [0.05, 0.1) is 6.61 Å². The van der Waals surface area contributed by atoms with Gasteiger partial charge in [0.2, 0.25) is 0 Å². The van der Waals surface area contributed by atoms with E-state index in [-0.39, 0.29) is 5.97 Å². The summed E-state index contributed by atoms with van der Waals surface area (Å²) < 4.78 is 4.97. The number of nitrogens with zero attached hydrogens (tertiary/aromatic N) is 1. The van der Waals surface area contributed by atoms with Gasteiger partial charge in [-0.05, 0) is 18.9 Å². The van der Waals surface area contributed by atoms with Gasteiger partial charge in [-0.1, -0.05) is 49.8 Å². The first kappa shape index (κ1) is 14.2. The molecule has 0 fully saturated rings. The average molecular weight is 245 g/mol. The standard InChI is InChI=1S/C15H19NO2/c1-3-5-11-14(15(17)18-4-2)16-12-13-9-7-6-8-10-13/h6-12H,3-5H2,1-2H3. The molecule has 0 N–H and O–H groups in total. The SMILES string of the molecule is CCCC=C(N=Cc1ccccc1)C(=O)OCC. The molecule has 0 heterocycles. The van der Waals surface area contributed by atoms with Gasteiger partial charge in [0.15, 0.2) is 0 Å². The van der Waals surface area contributed by atoms with Crippen LogP contribution in [0.2, 0.25) is 0 Å². The molecule has 0 aliphatic carbocycles. The van der Waals surface area contributed by atoms with Crippen molar-refractivity contribution in [3.8, 4) is 0 Å². The highest BCUT2D eigenvalue weighted by Crippen LogP contribution is 2.05. The second-order valence-electron chi connectivity index (χ2n) is 3.77. The van der Waals surface area contributed by atoms with Gasteiger partial charge in [0.1, 0.15) is 5.70 Å². The number of aliphatic imine (C=N–C) groups is 1. The Kier molecular flexibility index (Phi) is 6.47. The molecule has 0 radical (unpaired) electrons. The Labute approximate surface area is 108 Å². The molecular weight excluding hydrogens is 226 g/mol. The zero-order valence-corrected chi connectivity index (χ0v) is 10.9. The molecule has 1 aromatic carbocycles. The van der Waals surface area contributed by atoms with Crippen LogP contribution in [0.5, 0.6) is 0 Å². The van der Waals surface area contributed by atoms with Crippen LogP contribution in [0.1, 0.15) is 32.3 Å². The Bertz CT molecular complexity index is 421. The summed E-state index contributed by atoms with van der Waals surface area (Å²) in [5, 5.41) is 0. The van der Waals surface area contributed by atoms with Crippen molar-refractivity contribution >= 4 is 12.2 Å². The molecule has 0 bridgehead atoms. The molecule has 1 aromatic rings. The number of benzene rings is 1. The Morgan fingerprint density at radius 2 is 2.00 bits per heavy atom. The second kappa shape index (κ2) is 8.23. The topological polar surface area (TPSA) is 38.7 Å². The van der Waals surface area contributed by atoms with Crippen LogP contribution in [0.3, 0.4) is 0 Å². The highest BCUT2D eigenvalue weighted by Gasteiger charge is 2.07. The van der Waals surface area contributed by atoms with Crippen molar-refractivity contribution in [2.75, 3.05) is 6.61 Å². The van der Waals surface area contributed by atoms with E-state index in [1.54, 1.807) is 13.1 Å². The fourth-order valence-electron chi connectivity index (χ4n) is 1.36. The summed E-state index contributed by atoms with van der Waals surface area (Å²) in [6.45, 7) is 4.21. The molecule has 0 aliphatic rings. The zero-order chi connectivity index (χ0) is 13.2. The number of esters is 1. The fourth-order valence-corrected chi connectivity index (χ4v) is 1.36. The van der Waals surface area contributed by atoms with Crippen LogP contribution < -0.4 is 0 Å². The van der Waals surface area contributed by atoms with Gasteiger partial charge in [0.25, 0.3) is 0 Å². The number of ether oxygens (including phenoxy) is 1. The monoisotopic (exact) mass is 245 g/mol. The van der Waals surface area contributed by atoms with Gasteiger partial charge >= 0.3 is 5.97 Å². The summed E-state index contributed by atoms with van der Waals surface area (Å²) in [5.41, 5.74) is 1.34. The maximum Gasteiger partial charge on any atom is 0.356 e. The van der Waals surface area contributed by atoms with E-state index in [9.17, 15) is 4.79 Å². The lowest BCUT2D eigenvalue weighted by atomic mass is 10.2. The van der Waals surface area contributed by atoms with Crippen LogP contribution in [-0.4, -0.2) is 18.8 Å². The predicted octanol–water partition coefficient (Wildman–Crippen LogP) is 3.35. The van der Waals surface area contributed by atoms with E-state index >= 15 is 0 Å². The van der Waals surface area contributed by atoms with Crippen molar-refractivity contribution in [2.45, 2.75) is 26.7 Å². The summed E-state index contributed by atoms with van der Waals surface area (Å²) in [7, 11) is 0. The van der Waals surface area contributed by atoms with Crippen LogP contribution in [0.25, 0.3) is 0 Å². The Hall–Kier alpha value is -1.90. The number of carbonyl (C=O) groups is 1. The molecule has 0 aliphatic heterocycles. The van der Waals surface area contributed by atoms with Crippen LogP contribution >= 0.6 is 0 Å². The van der Waals surface area contributed by atoms with Gasteiger partial charge in [0, 0.05) is 6.21 Å². The predicted molar refractivity (Wildman–Crippen MR) is 73.7 cm³/mol. The first-order valence-electron chi connectivity index (χ1n) is 6.24. The largest absolute Gasteiger partial charge is 0.461 e. The minimum Gasteiger partial charge on any atom is -0.461 e. The summed E-state index contributed by atoms with van der Waals surface area (Å²) in [6.07, 6.45) is 5.29. The molecule has 1 rings (SSSR count). The minimum atomic E-state index is -0.363. The molecule has 96 valence electrons. The van der Waals surface area contributed by atoms with Crippen molar-refractivity contribution < 1.29 is 9.53 Å². The number of allylic oxidation sites excluding steroid dienone is 1. The number of hydrogen-bond donors (Lipinski definition) is 0. The van der Waals surface area contributed by atoms with Crippen LogP contribution in [0.4, 0.5) is 0 Å². The lowest BCUT2D eigenvalue weighted by Crippen LogP contribution is -2.06. The van der Waals surface area contributed by atoms with Gasteiger partial charge < -0.3 is 4.74 Å². The van der Waals surface area contributed by atoms with E-state index in [0.29, 0.717) is 12.3 Å². The van der Waals surface area contributed by atoms with Crippen molar-refractivity contribution in [3.63, 3.8) is 0 Å². The molecule has 0 aromatic heterocycles. The first-order chi connectivity index (χ1) is 8.77. The van der Waals surface area contributed by atoms with Crippen molar-refractivity contribution in [1.29, 1.82) is 0 Å². The summed E-state index contributed by atoms with van der Waals surface area (Å²) in [4.78, 5) is 15.9. The van der Waals surface area contributed by atoms with Crippen LogP contribution in [0, 0.1) is 0 Å². The smallest absolute Gasteiger partial charge is 0.356 e. The lowest BCUT2D eigenvalue weighted by Gasteiger charge is -2.01. The van der Waals surface area contributed by atoms with Crippen molar-refractivity contribution in [2.24, 2.45) is 4.99 Å². The molecule has 3 nitrogen and oxygen atoms in total. The van der Waals surface area contributed by atoms with E-state index < -0.39 is 0 Å². The van der Waals surface area contributed by atoms with Crippen molar-refractivity contribution in [1.82, 2.24) is 0 Å². The molecule has 0 atom stereocenters. The molecule has 18 heavy (non-hydrogen) atoms. The Morgan fingerprint density at radius 1 is 1.28 bits per heavy atom. The van der Waals surface area contributed by atoms with Crippen molar-refractivity contribution in [3.05, 3.63) is 47.7 Å². The molecule has 0 saturated carbocycles. The van der Waals surface area contributed by atoms with Crippen LogP contribution in [-0.2, 0) is 9.53 Å². The highest BCUT2D eigenvalue weighted by atomic mass is 16.5. The van der Waals surface area contributed by atoms with Crippen LogP contribution in [0.15, 0.2) is 47.1 Å². The fraction of sp³-hybridized carbons (Fsp3) is 0.333. The Balaban J connectivity index is 2.78. The maximum atomic E-state index is 11.7. The van der Waals surface area contributed by atoms with E-state index in [2.05, 4.69) is 11.9 Å². The lowest BCUT2D eigenvalue weighted by molar-refractivity contribution is -0.138. The first-order valence-corrected chi connectivity index (χ1v) is 6.24. The molecular formula is C15H19NO2. The van der Waals surface area contributed by atoms with Gasteiger partial charge in [-0.2, -0.15) is 0 Å². The van der Waals surface area contributed by atoms with E-state index in [4.69, 9.17) is 4.74 Å². The summed E-state index contributed by atoms with van der Waals surface area (Å²) >= 11 is 0. The third-order valence-corrected chi connectivity index (χ3v) is 2.26. The number of carbonyl (C=O) groups excluding carboxylic acids is 1. The van der Waals surface area contributed by atoms with E-state index in [1.165, 1.54) is 0 Å². The summed E-state index contributed by atoms with van der Waals surface area (Å²) in [6, 6.07) is 9.68. The molecule has 0 amide bonds. The maximum absolute atomic E-state index is 11.7. The zero-order valence-electron chi connectivity index (χ0n) is 10.9. The third-order valence-electron chi connectivity index (χ3n) is 2.26. The van der Waals surface area contributed by atoms with E-state index in [0.717, 1.165) is 18.4 Å². The molecule has 0 unspecified atom stereocenters. The molecule has 0 saturated heterocycles. The molecule has 0 spiro atoms. The van der Waals surface area contributed by atoms with Gasteiger partial charge in [-0.3, -0.25) is 0 Å². The second-order valence-corrected chi connectivity index (χ2v) is 3.77. The normalized spacial score (nSPS) is 11.8. The summed E-state index contributed by atoms with van der Waals surface area (Å²) in [5.74, 6) is -0.363. The quantitative estimate of drug-likeness (QED) is 0.438. The average Bonchev–Trinajstić information content (AvgIpc) is 2.40. The Morgan fingerprint density at radius 3 is 2.61 bits per heavy atom. The highest BCUT2D eigenvalue weighted by molar-refractivity contribution is 5.92. The van der Waals surface area contributed by atoms with E-state index in [1.807, 2.05) is 36.4 Å². The molecule has 3 heteroatoms. The number of unbranched alkanes of at least 4 members (excludes halogenated alkanes) is 1. The van der Waals surface area contributed by atoms with Gasteiger partial charge in [-0.15, -0.1) is 0 Å².